The van der Waals surface area contributed by atoms with Crippen LogP contribution in [0.2, 0.25) is 0 Å². The van der Waals surface area contributed by atoms with Crippen molar-refractivity contribution < 1.29 is 19.0 Å². The summed E-state index contributed by atoms with van der Waals surface area (Å²) in [5, 5.41) is 19.1. The number of aromatic nitrogens is 2. The maximum Gasteiger partial charge on any atom is 0.343 e. The lowest BCUT2D eigenvalue weighted by Gasteiger charge is -2.31. The number of hydrogen-bond donors (Lipinski definition) is 4. The van der Waals surface area contributed by atoms with Crippen LogP contribution in [-0.4, -0.2) is 46.8 Å². The molecule has 0 saturated heterocycles. The first-order valence-electron chi connectivity index (χ1n) is 13.3. The van der Waals surface area contributed by atoms with Crippen LogP contribution in [0.1, 0.15) is 59.2 Å². The number of halogens is 1. The summed E-state index contributed by atoms with van der Waals surface area (Å²) in [4.78, 5) is 31.1. The molecule has 6 rings (SSSR count). The second kappa shape index (κ2) is 9.23. The molecule has 5 N–H and O–H groups in total. The van der Waals surface area contributed by atoms with Gasteiger partial charge in [-0.05, 0) is 48.9 Å². The molecule has 1 aromatic carbocycles. The van der Waals surface area contributed by atoms with Crippen molar-refractivity contribution in [2.24, 2.45) is 5.73 Å². The molecule has 0 amide bonds. The minimum absolute atomic E-state index is 0.00316. The van der Waals surface area contributed by atoms with Gasteiger partial charge in [-0.3, -0.25) is 4.79 Å². The van der Waals surface area contributed by atoms with E-state index in [1.54, 1.807) is 17.6 Å². The van der Waals surface area contributed by atoms with E-state index in [4.69, 9.17) is 15.5 Å². The topological polar surface area (TPSA) is 132 Å². The molecule has 2 atom stereocenters. The lowest BCUT2D eigenvalue weighted by Crippen LogP contribution is -2.44. The number of pyridine rings is 2. The molecule has 0 bridgehead atoms. The second-order valence-electron chi connectivity index (χ2n) is 10.4. The number of nitrogens with two attached hydrogens (primary N) is 1. The number of hydrogen-bond acceptors (Lipinski definition) is 8. The number of aliphatic hydroxyl groups is 1. The molecule has 4 heterocycles. The normalized spacial score (nSPS) is 21.3. The van der Waals surface area contributed by atoms with Crippen LogP contribution in [0.4, 0.5) is 4.39 Å². The van der Waals surface area contributed by atoms with E-state index in [1.165, 1.54) is 6.07 Å². The van der Waals surface area contributed by atoms with Crippen LogP contribution in [0.25, 0.3) is 22.3 Å². The summed E-state index contributed by atoms with van der Waals surface area (Å²) in [6.45, 7) is 6.41. The average Bonchev–Trinajstić information content (AvgIpc) is 3.28. The Bertz CT molecular complexity index is 1550. The zero-order chi connectivity index (χ0) is 26.8. The first-order valence-corrected chi connectivity index (χ1v) is 13.3. The van der Waals surface area contributed by atoms with Crippen LogP contribution in [-0.2, 0) is 34.7 Å². The summed E-state index contributed by atoms with van der Waals surface area (Å²) in [6.07, 6.45) is 1.59. The van der Waals surface area contributed by atoms with Gasteiger partial charge in [0.05, 0.1) is 29.0 Å². The molecule has 2 aliphatic heterocycles. The predicted molar refractivity (Wildman–Crippen MR) is 140 cm³/mol. The van der Waals surface area contributed by atoms with Crippen LogP contribution >= 0.6 is 0 Å². The van der Waals surface area contributed by atoms with E-state index in [0.29, 0.717) is 35.6 Å². The molecule has 10 heteroatoms. The van der Waals surface area contributed by atoms with Gasteiger partial charge in [0.1, 0.15) is 12.4 Å². The fraction of sp³-hybridized carbons (Fsp3) is 0.464. The Morgan fingerprint density at radius 3 is 2.82 bits per heavy atom. The highest BCUT2D eigenvalue weighted by Crippen LogP contribution is 2.45. The Balaban J connectivity index is 1.55. The van der Waals surface area contributed by atoms with Gasteiger partial charge in [-0.25, -0.2) is 14.2 Å². The van der Waals surface area contributed by atoms with E-state index in [9.17, 15) is 19.1 Å². The van der Waals surface area contributed by atoms with Gasteiger partial charge in [-0.15, -0.1) is 0 Å². The van der Waals surface area contributed by atoms with Gasteiger partial charge in [-0.2, -0.15) is 0 Å². The summed E-state index contributed by atoms with van der Waals surface area (Å²) < 4.78 is 21.8. The fourth-order valence-electron chi connectivity index (χ4n) is 6.32. The Labute approximate surface area is 219 Å². The quantitative estimate of drug-likeness (QED) is 0.213. The summed E-state index contributed by atoms with van der Waals surface area (Å²) in [7, 11) is 0. The number of cyclic esters (lactones) is 1. The highest BCUT2D eigenvalue weighted by molar-refractivity contribution is 5.93. The van der Waals surface area contributed by atoms with E-state index >= 15 is 0 Å². The minimum Gasteiger partial charge on any atom is -0.458 e. The minimum atomic E-state index is -1.90. The number of benzene rings is 1. The molecule has 3 aliphatic rings. The largest absolute Gasteiger partial charge is 0.458 e. The van der Waals surface area contributed by atoms with Crippen molar-refractivity contribution in [2.45, 2.75) is 57.9 Å². The van der Waals surface area contributed by atoms with Gasteiger partial charge in [0.25, 0.3) is 5.56 Å². The van der Waals surface area contributed by atoms with E-state index in [-0.39, 0.29) is 41.6 Å². The van der Waals surface area contributed by atoms with Crippen molar-refractivity contribution in [1.82, 2.24) is 20.2 Å². The van der Waals surface area contributed by atoms with Gasteiger partial charge >= 0.3 is 5.97 Å². The number of fused-ring (bicyclic) bond motifs is 5. The highest BCUT2D eigenvalue weighted by atomic mass is 19.1. The summed E-state index contributed by atoms with van der Waals surface area (Å²) in [5.41, 5.74) is 9.18. The van der Waals surface area contributed by atoms with Gasteiger partial charge in [-0.1, -0.05) is 6.92 Å². The number of ether oxygens (including phenoxy) is 1. The Morgan fingerprint density at radius 1 is 1.24 bits per heavy atom. The Kier molecular flexibility index (Phi) is 6.10. The molecule has 0 radical (unpaired) electrons. The van der Waals surface area contributed by atoms with Crippen LogP contribution < -0.4 is 21.9 Å². The number of nitrogens with one attached hydrogen (secondary N) is 2. The van der Waals surface area contributed by atoms with Crippen LogP contribution in [0, 0.1) is 12.7 Å². The number of nitrogens with zero attached hydrogens (tertiary/aromatic N) is 2. The van der Waals surface area contributed by atoms with Crippen LogP contribution in [0.15, 0.2) is 16.9 Å². The maximum absolute atomic E-state index is 15.0. The third-order valence-corrected chi connectivity index (χ3v) is 8.39. The SMILES string of the molecule is CC[C@@]1(O)C(=O)OCc2c1cc1n(c2=O)Cc2c-1nc1cc(F)c(C)c3c1c2[C@@H](NCCNCCN)CC3. The zero-order valence-corrected chi connectivity index (χ0v) is 21.6. The standard InChI is InChI=1S/C28H32FN5O4/c1-3-28(37)18-10-22-25-16(12-34(22)26(35)17(18)13-38-27(28)36)24-20(32-9-8-31-7-6-30)5-4-15-14(2)19(29)11-21(33-25)23(15)24/h10-11,20,31-32,37H,3-9,12-13,30H2,1-2H3/t20-,28-/m0/s1. The van der Waals surface area contributed by atoms with Gasteiger partial charge in [0.2, 0.25) is 0 Å². The van der Waals surface area contributed by atoms with E-state index < -0.39 is 11.6 Å². The summed E-state index contributed by atoms with van der Waals surface area (Å²) >= 11 is 0. The lowest BCUT2D eigenvalue weighted by molar-refractivity contribution is -0.172. The highest BCUT2D eigenvalue weighted by Gasteiger charge is 2.45. The van der Waals surface area contributed by atoms with Crippen molar-refractivity contribution in [1.29, 1.82) is 0 Å². The fourth-order valence-corrected chi connectivity index (χ4v) is 6.32. The van der Waals surface area contributed by atoms with Gasteiger partial charge in [0, 0.05) is 54.8 Å². The first-order chi connectivity index (χ1) is 18.3. The van der Waals surface area contributed by atoms with Gasteiger partial charge in [0.15, 0.2) is 5.60 Å². The molecule has 0 spiro atoms. The Hall–Kier alpha value is -3.18. The zero-order valence-electron chi connectivity index (χ0n) is 21.6. The van der Waals surface area contributed by atoms with E-state index in [2.05, 4.69) is 10.6 Å². The van der Waals surface area contributed by atoms with Crippen molar-refractivity contribution >= 4 is 16.9 Å². The van der Waals surface area contributed by atoms with E-state index in [1.807, 2.05) is 6.92 Å². The number of esters is 1. The van der Waals surface area contributed by atoms with Crippen molar-refractivity contribution in [3.05, 3.63) is 61.7 Å². The smallest absolute Gasteiger partial charge is 0.343 e. The maximum atomic E-state index is 15.0. The lowest BCUT2D eigenvalue weighted by atomic mass is 9.81. The number of aryl methyl sites for hydroxylation is 1. The van der Waals surface area contributed by atoms with Crippen molar-refractivity contribution in [3.63, 3.8) is 0 Å². The third-order valence-electron chi connectivity index (χ3n) is 8.39. The van der Waals surface area contributed by atoms with Gasteiger partial charge < -0.3 is 30.8 Å². The van der Waals surface area contributed by atoms with Crippen molar-refractivity contribution in [3.8, 4) is 11.4 Å². The molecule has 9 nitrogen and oxygen atoms in total. The Morgan fingerprint density at radius 2 is 2.05 bits per heavy atom. The predicted octanol–water partition coefficient (Wildman–Crippen LogP) is 1.65. The molecule has 0 unspecified atom stereocenters. The van der Waals surface area contributed by atoms with Crippen LogP contribution in [0.3, 0.4) is 0 Å². The molecular formula is C28H32FN5O4. The molecule has 1 aliphatic carbocycles. The molecule has 3 aromatic rings. The average molecular weight is 522 g/mol. The number of carbonyl (C=O) groups excluding carboxylic acids is 1. The number of carbonyl (C=O) groups is 1. The summed E-state index contributed by atoms with van der Waals surface area (Å²) in [5.74, 6) is -1.06. The van der Waals surface area contributed by atoms with Crippen LogP contribution in [0.5, 0.6) is 0 Å². The molecule has 38 heavy (non-hydrogen) atoms. The molecule has 0 saturated carbocycles. The third kappa shape index (κ3) is 3.54. The molecule has 0 fully saturated rings. The first kappa shape index (κ1) is 25.1. The van der Waals surface area contributed by atoms with E-state index in [0.717, 1.165) is 54.6 Å². The summed E-state index contributed by atoms with van der Waals surface area (Å²) in [6, 6.07) is 3.18. The molecular weight excluding hydrogens is 489 g/mol. The monoisotopic (exact) mass is 521 g/mol. The number of rotatable bonds is 7. The van der Waals surface area contributed by atoms with Crippen molar-refractivity contribution in [2.75, 3.05) is 26.2 Å². The molecule has 2 aromatic heterocycles. The molecule has 200 valence electrons. The second-order valence-corrected chi connectivity index (χ2v) is 10.4.